The molecule has 0 radical (unpaired) electrons. The minimum absolute atomic E-state index is 0.563. The number of hydrogen-bond donors (Lipinski definition) is 2. The van der Waals surface area contributed by atoms with Crippen LogP contribution in [-0.4, -0.2) is 34.7 Å². The van der Waals surface area contributed by atoms with Crippen molar-refractivity contribution in [1.82, 2.24) is 15.3 Å². The molecule has 0 unspecified atom stereocenters. The van der Waals surface area contributed by atoms with Crippen molar-refractivity contribution >= 4 is 34.9 Å². The van der Waals surface area contributed by atoms with Crippen LogP contribution in [0.1, 0.15) is 42.9 Å². The highest BCUT2D eigenvalue weighted by Crippen LogP contribution is 2.31. The number of thiocarbonyl (C=S) groups is 1. The first-order valence-electron chi connectivity index (χ1n) is 12.7. The molecule has 0 saturated carbocycles. The molecule has 3 heterocycles. The largest absolute Gasteiger partial charge is 0.362 e. The average molecular weight is 487 g/mol. The molecular weight excluding hydrogens is 452 g/mol. The van der Waals surface area contributed by atoms with E-state index in [9.17, 15) is 0 Å². The van der Waals surface area contributed by atoms with Crippen LogP contribution in [0, 0.1) is 5.92 Å². The summed E-state index contributed by atoms with van der Waals surface area (Å²) in [6.45, 7) is 6.92. The van der Waals surface area contributed by atoms with E-state index in [2.05, 4.69) is 88.0 Å². The van der Waals surface area contributed by atoms with Crippen molar-refractivity contribution in [3.05, 3.63) is 77.4 Å². The molecule has 2 N–H and O–H groups in total. The molecule has 0 atom stereocenters. The lowest BCUT2D eigenvalue weighted by atomic mass is 9.99. The lowest BCUT2D eigenvalue weighted by Crippen LogP contribution is -2.34. The molecule has 1 fully saturated rings. The normalized spacial score (nSPS) is 15.7. The predicted octanol–water partition coefficient (Wildman–Crippen LogP) is 5.15. The Morgan fingerprint density at radius 2 is 1.54 bits per heavy atom. The van der Waals surface area contributed by atoms with Crippen LogP contribution in [0.25, 0.3) is 0 Å². The number of rotatable bonds is 7. The minimum Gasteiger partial charge on any atom is -0.362 e. The van der Waals surface area contributed by atoms with Gasteiger partial charge >= 0.3 is 0 Å². The van der Waals surface area contributed by atoms with E-state index >= 15 is 0 Å². The fraction of sp³-hybridized carbons (Fsp3) is 0.393. The molecule has 1 aromatic heterocycles. The molecule has 0 aliphatic carbocycles. The molecule has 0 amide bonds. The number of benzene rings is 2. The van der Waals surface area contributed by atoms with Crippen molar-refractivity contribution in [2.45, 2.75) is 45.7 Å². The first-order valence-corrected chi connectivity index (χ1v) is 13.1. The Morgan fingerprint density at radius 1 is 0.914 bits per heavy atom. The number of nitrogens with zero attached hydrogens (tertiary/aromatic N) is 4. The summed E-state index contributed by atoms with van der Waals surface area (Å²) in [6.07, 6.45) is 4.42. The van der Waals surface area contributed by atoms with Gasteiger partial charge in [-0.25, -0.2) is 0 Å². The van der Waals surface area contributed by atoms with Crippen LogP contribution in [0.3, 0.4) is 0 Å². The number of hydrogen-bond acceptors (Lipinski definition) is 5. The van der Waals surface area contributed by atoms with E-state index in [1.54, 1.807) is 0 Å². The van der Waals surface area contributed by atoms with Gasteiger partial charge in [-0.15, -0.1) is 0 Å². The zero-order valence-corrected chi connectivity index (χ0v) is 21.2. The molecule has 3 aromatic rings. The number of aryl methyl sites for hydroxylation is 1. The molecule has 0 bridgehead atoms. The van der Waals surface area contributed by atoms with Gasteiger partial charge < -0.3 is 20.4 Å². The van der Waals surface area contributed by atoms with E-state index < -0.39 is 0 Å². The van der Waals surface area contributed by atoms with Gasteiger partial charge in [-0.1, -0.05) is 61.5 Å². The second kappa shape index (κ2) is 11.0. The van der Waals surface area contributed by atoms with Gasteiger partial charge in [0.2, 0.25) is 5.95 Å². The Hall–Kier alpha value is -3.19. The molecule has 6 nitrogen and oxygen atoms in total. The van der Waals surface area contributed by atoms with Crippen LogP contribution in [0.4, 0.5) is 17.6 Å². The Morgan fingerprint density at radius 3 is 2.23 bits per heavy atom. The molecule has 182 valence electrons. The van der Waals surface area contributed by atoms with Crippen LogP contribution >= 0.6 is 12.2 Å². The topological polar surface area (TPSA) is 56.3 Å². The van der Waals surface area contributed by atoms with Crippen LogP contribution in [0.5, 0.6) is 0 Å². The first kappa shape index (κ1) is 23.5. The van der Waals surface area contributed by atoms with Gasteiger partial charge in [0.15, 0.2) is 5.11 Å². The fourth-order valence-corrected chi connectivity index (χ4v) is 5.01. The van der Waals surface area contributed by atoms with Crippen molar-refractivity contribution in [1.29, 1.82) is 0 Å². The number of fused-ring (bicyclic) bond motifs is 1. The second-order valence-corrected chi connectivity index (χ2v) is 10.1. The van der Waals surface area contributed by atoms with Gasteiger partial charge in [0.25, 0.3) is 0 Å². The van der Waals surface area contributed by atoms with Crippen LogP contribution in [0.2, 0.25) is 0 Å². The van der Waals surface area contributed by atoms with E-state index in [1.807, 2.05) is 0 Å². The average Bonchev–Trinajstić information content (AvgIpc) is 3.32. The van der Waals surface area contributed by atoms with Gasteiger partial charge in [-0.2, -0.15) is 9.97 Å². The van der Waals surface area contributed by atoms with Gasteiger partial charge in [-0.3, -0.25) is 0 Å². The Kier molecular flexibility index (Phi) is 7.42. The van der Waals surface area contributed by atoms with Crippen molar-refractivity contribution in [2.75, 3.05) is 34.8 Å². The minimum atomic E-state index is 0.563. The Labute approximate surface area is 213 Å². The maximum Gasteiger partial charge on any atom is 0.232 e. The third-order valence-electron chi connectivity index (χ3n) is 6.97. The molecule has 35 heavy (non-hydrogen) atoms. The third-order valence-corrected chi connectivity index (χ3v) is 7.21. The van der Waals surface area contributed by atoms with E-state index in [-0.39, 0.29) is 0 Å². The third kappa shape index (κ3) is 6.09. The predicted molar refractivity (Wildman–Crippen MR) is 148 cm³/mol. The van der Waals surface area contributed by atoms with E-state index in [1.165, 1.54) is 29.5 Å². The summed E-state index contributed by atoms with van der Waals surface area (Å²) in [6, 6.07) is 21.3. The van der Waals surface area contributed by atoms with E-state index in [0.29, 0.717) is 11.1 Å². The molecular formula is C28H34N6S. The van der Waals surface area contributed by atoms with Gasteiger partial charge in [-0.05, 0) is 60.5 Å². The molecule has 0 spiro atoms. The molecule has 7 heteroatoms. The standard InChI is InChI=1S/C28H34N6S/c1-21-13-16-33(17-14-21)25-18-26(34-19-23-11-5-6-12-24(23)20-34)31-27(30-25)32-28(35)29-15-7-10-22-8-3-2-4-9-22/h2-6,8-9,11-12,18,21H,7,10,13-17,19-20H2,1H3,(H2,29,30,31,32,35). The summed E-state index contributed by atoms with van der Waals surface area (Å²) in [4.78, 5) is 14.4. The molecule has 5 rings (SSSR count). The molecule has 2 aromatic carbocycles. The monoisotopic (exact) mass is 486 g/mol. The maximum absolute atomic E-state index is 5.59. The van der Waals surface area contributed by atoms with Gasteiger partial charge in [0, 0.05) is 38.8 Å². The molecule has 1 saturated heterocycles. The lowest BCUT2D eigenvalue weighted by molar-refractivity contribution is 0.436. The zero-order chi connectivity index (χ0) is 24.0. The summed E-state index contributed by atoms with van der Waals surface area (Å²) in [5.41, 5.74) is 4.07. The summed E-state index contributed by atoms with van der Waals surface area (Å²) in [7, 11) is 0. The highest BCUT2D eigenvalue weighted by molar-refractivity contribution is 7.80. The van der Waals surface area contributed by atoms with E-state index in [0.717, 1.165) is 63.1 Å². The number of piperidine rings is 1. The smallest absolute Gasteiger partial charge is 0.232 e. The number of aromatic nitrogens is 2. The van der Waals surface area contributed by atoms with Crippen LogP contribution in [0.15, 0.2) is 60.7 Å². The number of nitrogens with one attached hydrogen (secondary N) is 2. The van der Waals surface area contributed by atoms with Gasteiger partial charge in [0.1, 0.15) is 11.6 Å². The van der Waals surface area contributed by atoms with Gasteiger partial charge in [0.05, 0.1) is 0 Å². The summed E-state index contributed by atoms with van der Waals surface area (Å²) in [5, 5.41) is 7.15. The maximum atomic E-state index is 5.59. The lowest BCUT2D eigenvalue weighted by Gasteiger charge is -2.32. The number of anilines is 3. The summed E-state index contributed by atoms with van der Waals surface area (Å²) >= 11 is 5.59. The van der Waals surface area contributed by atoms with Crippen molar-refractivity contribution in [3.8, 4) is 0 Å². The summed E-state index contributed by atoms with van der Waals surface area (Å²) < 4.78 is 0. The quantitative estimate of drug-likeness (QED) is 0.354. The zero-order valence-electron chi connectivity index (χ0n) is 20.4. The SMILES string of the molecule is CC1CCN(c2cc(N3Cc4ccccc4C3)nc(NC(=S)NCCCc3ccccc3)n2)CC1. The Bertz CT molecular complexity index is 1120. The fourth-order valence-electron chi connectivity index (χ4n) is 4.82. The van der Waals surface area contributed by atoms with Crippen molar-refractivity contribution in [2.24, 2.45) is 5.92 Å². The molecule has 2 aliphatic heterocycles. The first-order chi connectivity index (χ1) is 17.1. The van der Waals surface area contributed by atoms with Crippen LogP contribution in [-0.2, 0) is 19.5 Å². The van der Waals surface area contributed by atoms with Crippen molar-refractivity contribution < 1.29 is 0 Å². The Balaban J connectivity index is 1.26. The molecule has 2 aliphatic rings. The van der Waals surface area contributed by atoms with E-state index in [4.69, 9.17) is 22.2 Å². The second-order valence-electron chi connectivity index (χ2n) is 9.67. The van der Waals surface area contributed by atoms with Crippen molar-refractivity contribution in [3.63, 3.8) is 0 Å². The highest BCUT2D eigenvalue weighted by atomic mass is 32.1. The van der Waals surface area contributed by atoms with Crippen LogP contribution < -0.4 is 20.4 Å². The highest BCUT2D eigenvalue weighted by Gasteiger charge is 2.23. The summed E-state index contributed by atoms with van der Waals surface area (Å²) in [5.74, 6) is 3.25.